The van der Waals surface area contributed by atoms with Crippen molar-refractivity contribution < 1.29 is 9.32 Å². The SMILES string of the molecule is CNC(=O)Cc1noc(CN2CCCC2CN2CCc3ccccc32)n1. The largest absolute Gasteiger partial charge is 0.369 e. The van der Waals surface area contributed by atoms with Gasteiger partial charge in [0.1, 0.15) is 0 Å². The molecule has 26 heavy (non-hydrogen) atoms. The Labute approximate surface area is 153 Å². The zero-order valence-electron chi connectivity index (χ0n) is 15.1. The summed E-state index contributed by atoms with van der Waals surface area (Å²) in [5.74, 6) is 0.935. The number of aromatic nitrogens is 2. The maximum Gasteiger partial charge on any atom is 0.240 e. The highest BCUT2D eigenvalue weighted by molar-refractivity contribution is 5.77. The van der Waals surface area contributed by atoms with Crippen LogP contribution in [0.25, 0.3) is 0 Å². The van der Waals surface area contributed by atoms with Gasteiger partial charge in [-0.3, -0.25) is 9.69 Å². The Morgan fingerprint density at radius 1 is 1.35 bits per heavy atom. The minimum Gasteiger partial charge on any atom is -0.369 e. The van der Waals surface area contributed by atoms with Gasteiger partial charge in [-0.05, 0) is 37.4 Å². The molecule has 0 radical (unpaired) electrons. The molecule has 1 aromatic carbocycles. The third-order valence-electron chi connectivity index (χ3n) is 5.36. The summed E-state index contributed by atoms with van der Waals surface area (Å²) in [6.45, 7) is 3.84. The molecule has 138 valence electrons. The first-order valence-corrected chi connectivity index (χ1v) is 9.32. The van der Waals surface area contributed by atoms with E-state index in [9.17, 15) is 4.79 Å². The molecular formula is C19H25N5O2. The van der Waals surface area contributed by atoms with Crippen LogP contribution in [0.2, 0.25) is 0 Å². The van der Waals surface area contributed by atoms with Gasteiger partial charge in [-0.2, -0.15) is 4.98 Å². The second kappa shape index (κ2) is 7.45. The van der Waals surface area contributed by atoms with Crippen molar-refractivity contribution in [3.63, 3.8) is 0 Å². The van der Waals surface area contributed by atoms with Gasteiger partial charge in [0.05, 0.1) is 13.0 Å². The van der Waals surface area contributed by atoms with Crippen molar-refractivity contribution in [3.8, 4) is 0 Å². The molecule has 1 saturated heterocycles. The quantitative estimate of drug-likeness (QED) is 0.844. The summed E-state index contributed by atoms with van der Waals surface area (Å²) in [5.41, 5.74) is 2.83. The van der Waals surface area contributed by atoms with Crippen molar-refractivity contribution in [2.45, 2.75) is 38.3 Å². The monoisotopic (exact) mass is 355 g/mol. The third kappa shape index (κ3) is 3.58. The normalized spacial score (nSPS) is 19.7. The van der Waals surface area contributed by atoms with E-state index in [1.54, 1.807) is 7.05 Å². The topological polar surface area (TPSA) is 74.5 Å². The molecule has 1 atom stereocenters. The summed E-state index contributed by atoms with van der Waals surface area (Å²) in [6.07, 6.45) is 3.68. The van der Waals surface area contributed by atoms with E-state index in [4.69, 9.17) is 4.52 Å². The molecule has 7 heteroatoms. The van der Waals surface area contributed by atoms with Crippen LogP contribution in [-0.2, 0) is 24.2 Å². The van der Waals surface area contributed by atoms with Crippen molar-refractivity contribution in [3.05, 3.63) is 41.5 Å². The maximum atomic E-state index is 11.4. The predicted octanol–water partition coefficient (Wildman–Crippen LogP) is 1.39. The molecule has 2 aliphatic rings. The minimum absolute atomic E-state index is 0.107. The van der Waals surface area contributed by atoms with E-state index in [-0.39, 0.29) is 12.3 Å². The van der Waals surface area contributed by atoms with Crippen molar-refractivity contribution in [2.24, 2.45) is 0 Å². The van der Waals surface area contributed by atoms with E-state index < -0.39 is 0 Å². The van der Waals surface area contributed by atoms with Gasteiger partial charge < -0.3 is 14.7 Å². The van der Waals surface area contributed by atoms with Crippen molar-refractivity contribution in [1.29, 1.82) is 0 Å². The van der Waals surface area contributed by atoms with Crippen LogP contribution in [0.1, 0.15) is 30.1 Å². The third-order valence-corrected chi connectivity index (χ3v) is 5.36. The molecule has 1 N–H and O–H groups in total. The number of nitrogens with one attached hydrogen (secondary N) is 1. The van der Waals surface area contributed by atoms with E-state index in [2.05, 4.69) is 49.5 Å². The van der Waals surface area contributed by atoms with Crippen molar-refractivity contribution >= 4 is 11.6 Å². The highest BCUT2D eigenvalue weighted by Crippen LogP contribution is 2.30. The smallest absolute Gasteiger partial charge is 0.240 e. The fraction of sp³-hybridized carbons (Fsp3) is 0.526. The summed E-state index contributed by atoms with van der Waals surface area (Å²) in [4.78, 5) is 20.7. The number of carbonyl (C=O) groups excluding carboxylic acids is 1. The van der Waals surface area contributed by atoms with Gasteiger partial charge in [0.2, 0.25) is 11.8 Å². The summed E-state index contributed by atoms with van der Waals surface area (Å²) in [7, 11) is 1.61. The second-order valence-electron chi connectivity index (χ2n) is 7.05. The Balaban J connectivity index is 1.38. The second-order valence-corrected chi connectivity index (χ2v) is 7.05. The van der Waals surface area contributed by atoms with Crippen LogP contribution in [0.4, 0.5) is 5.69 Å². The van der Waals surface area contributed by atoms with Gasteiger partial charge in [-0.15, -0.1) is 0 Å². The molecule has 0 spiro atoms. The number of likely N-dealkylation sites (tertiary alicyclic amines) is 1. The molecule has 3 heterocycles. The van der Waals surface area contributed by atoms with Gasteiger partial charge >= 0.3 is 0 Å². The molecule has 1 unspecified atom stereocenters. The zero-order valence-corrected chi connectivity index (χ0v) is 15.1. The summed E-state index contributed by atoms with van der Waals surface area (Å²) < 4.78 is 5.35. The first-order chi connectivity index (χ1) is 12.7. The van der Waals surface area contributed by atoms with Crippen LogP contribution in [0.5, 0.6) is 0 Å². The lowest BCUT2D eigenvalue weighted by molar-refractivity contribution is -0.120. The van der Waals surface area contributed by atoms with Crippen LogP contribution in [-0.4, -0.2) is 53.7 Å². The lowest BCUT2D eigenvalue weighted by Crippen LogP contribution is -2.39. The zero-order chi connectivity index (χ0) is 17.9. The van der Waals surface area contributed by atoms with Gasteiger partial charge in [0.15, 0.2) is 5.82 Å². The molecule has 7 nitrogen and oxygen atoms in total. The average molecular weight is 355 g/mol. The Morgan fingerprint density at radius 3 is 3.12 bits per heavy atom. The molecule has 0 bridgehead atoms. The number of anilines is 1. The first kappa shape index (κ1) is 17.0. The van der Waals surface area contributed by atoms with Crippen LogP contribution < -0.4 is 10.2 Å². The van der Waals surface area contributed by atoms with E-state index in [1.165, 1.54) is 24.1 Å². The maximum absolute atomic E-state index is 11.4. The number of carbonyl (C=O) groups is 1. The van der Waals surface area contributed by atoms with Gasteiger partial charge in [0, 0.05) is 31.9 Å². The van der Waals surface area contributed by atoms with Crippen LogP contribution >= 0.6 is 0 Å². The number of nitrogens with zero attached hydrogens (tertiary/aromatic N) is 4. The van der Waals surface area contributed by atoms with E-state index >= 15 is 0 Å². The van der Waals surface area contributed by atoms with Crippen LogP contribution in [0.15, 0.2) is 28.8 Å². The predicted molar refractivity (Wildman–Crippen MR) is 97.9 cm³/mol. The van der Waals surface area contributed by atoms with Gasteiger partial charge in [-0.25, -0.2) is 0 Å². The molecule has 0 aliphatic carbocycles. The summed E-state index contributed by atoms with van der Waals surface area (Å²) in [5, 5.41) is 6.50. The summed E-state index contributed by atoms with van der Waals surface area (Å²) >= 11 is 0. The lowest BCUT2D eigenvalue weighted by atomic mass is 10.1. The minimum atomic E-state index is -0.107. The number of benzene rings is 1. The molecule has 4 rings (SSSR count). The molecule has 1 amide bonds. The molecule has 2 aromatic rings. The number of likely N-dealkylation sites (N-methyl/N-ethyl adjacent to an activating group) is 1. The van der Waals surface area contributed by atoms with E-state index in [0.29, 0.717) is 24.3 Å². The Bertz CT molecular complexity index is 775. The molecule has 0 saturated carbocycles. The van der Waals surface area contributed by atoms with E-state index in [0.717, 1.165) is 26.1 Å². The number of hydrogen-bond donors (Lipinski definition) is 1. The van der Waals surface area contributed by atoms with Gasteiger partial charge in [0.25, 0.3) is 0 Å². The molecule has 2 aliphatic heterocycles. The highest BCUT2D eigenvalue weighted by atomic mass is 16.5. The first-order valence-electron chi connectivity index (χ1n) is 9.32. The molecule has 1 fully saturated rings. The van der Waals surface area contributed by atoms with E-state index in [1.807, 2.05) is 0 Å². The fourth-order valence-corrected chi connectivity index (χ4v) is 3.99. The standard InChI is InChI=1S/C19H25N5O2/c1-20-18(25)11-17-21-19(26-22-17)13-23-9-4-6-15(23)12-24-10-8-14-5-2-3-7-16(14)24/h2-3,5,7,15H,4,6,8-13H2,1H3,(H,20,25). The number of hydrogen-bond acceptors (Lipinski definition) is 6. The van der Waals surface area contributed by atoms with Crippen molar-refractivity contribution in [2.75, 3.05) is 31.6 Å². The highest BCUT2D eigenvalue weighted by Gasteiger charge is 2.30. The lowest BCUT2D eigenvalue weighted by Gasteiger charge is -2.29. The average Bonchev–Trinajstić information content (AvgIpc) is 3.38. The number of amides is 1. The summed E-state index contributed by atoms with van der Waals surface area (Å²) in [6, 6.07) is 9.20. The molecular weight excluding hydrogens is 330 g/mol. The van der Waals surface area contributed by atoms with Crippen LogP contribution in [0.3, 0.4) is 0 Å². The number of rotatable bonds is 6. The van der Waals surface area contributed by atoms with Gasteiger partial charge in [-0.1, -0.05) is 23.4 Å². The Hall–Kier alpha value is -2.41. The Morgan fingerprint density at radius 2 is 2.23 bits per heavy atom. The fourth-order valence-electron chi connectivity index (χ4n) is 3.99. The molecule has 1 aromatic heterocycles. The number of fused-ring (bicyclic) bond motifs is 1. The Kier molecular flexibility index (Phi) is 4.88. The van der Waals surface area contributed by atoms with Crippen molar-refractivity contribution in [1.82, 2.24) is 20.4 Å². The number of para-hydroxylation sites is 1. The van der Waals surface area contributed by atoms with Crippen LogP contribution in [0, 0.1) is 0 Å².